The van der Waals surface area contributed by atoms with Crippen LogP contribution < -0.4 is 0 Å². The van der Waals surface area contributed by atoms with Crippen LogP contribution in [0, 0.1) is 15.5 Å². The Balaban J connectivity index is 1.69. The summed E-state index contributed by atoms with van der Waals surface area (Å²) in [6.45, 7) is 5.80. The first-order chi connectivity index (χ1) is 11.0. The number of para-hydroxylation sites is 1. The van der Waals surface area contributed by atoms with Gasteiger partial charge in [-0.05, 0) is 25.8 Å². The summed E-state index contributed by atoms with van der Waals surface area (Å²) in [5.41, 5.74) is 1.14. The first-order valence-electron chi connectivity index (χ1n) is 8.19. The molecule has 1 atom stereocenters. The number of hydrogen-bond acceptors (Lipinski definition) is 4. The second-order valence-electron chi connectivity index (χ2n) is 6.89. The van der Waals surface area contributed by atoms with Crippen molar-refractivity contribution in [3.05, 3.63) is 39.9 Å². The van der Waals surface area contributed by atoms with Gasteiger partial charge in [-0.1, -0.05) is 18.2 Å². The Kier molecular flexibility index (Phi) is 4.35. The number of carbonyl (C=O) groups is 1. The molecule has 0 aromatic heterocycles. The van der Waals surface area contributed by atoms with Gasteiger partial charge < -0.3 is 4.90 Å². The highest BCUT2D eigenvalue weighted by atomic mass is 16.6. The van der Waals surface area contributed by atoms with Crippen molar-refractivity contribution in [2.45, 2.75) is 32.7 Å². The SMILES string of the molecule is CC(=O)N1CCCC2(CCN(Cc3ccccc3[N+](=O)[O-])C2)C1. The van der Waals surface area contributed by atoms with Gasteiger partial charge in [0.05, 0.1) is 4.92 Å². The van der Waals surface area contributed by atoms with Gasteiger partial charge in [-0.3, -0.25) is 19.8 Å². The van der Waals surface area contributed by atoms with Crippen molar-refractivity contribution in [2.75, 3.05) is 26.2 Å². The molecular weight excluding hydrogens is 294 g/mol. The molecule has 0 bridgehead atoms. The summed E-state index contributed by atoms with van der Waals surface area (Å²) in [5, 5.41) is 11.2. The van der Waals surface area contributed by atoms with Crippen LogP contribution in [0.15, 0.2) is 24.3 Å². The normalized spacial score (nSPS) is 25.0. The van der Waals surface area contributed by atoms with E-state index >= 15 is 0 Å². The highest BCUT2D eigenvalue weighted by Gasteiger charge is 2.42. The Morgan fingerprint density at radius 3 is 2.78 bits per heavy atom. The van der Waals surface area contributed by atoms with Crippen LogP contribution in [0.5, 0.6) is 0 Å². The second-order valence-corrected chi connectivity index (χ2v) is 6.89. The van der Waals surface area contributed by atoms with E-state index in [1.807, 2.05) is 17.0 Å². The Bertz CT molecular complexity index is 619. The molecule has 1 amide bonds. The molecular formula is C17H23N3O3. The molecule has 2 aliphatic rings. The lowest BCUT2D eigenvalue weighted by molar-refractivity contribution is -0.385. The molecule has 0 N–H and O–H groups in total. The molecule has 0 radical (unpaired) electrons. The fourth-order valence-electron chi connectivity index (χ4n) is 4.04. The third-order valence-electron chi connectivity index (χ3n) is 5.21. The minimum absolute atomic E-state index is 0.154. The predicted molar refractivity (Wildman–Crippen MR) is 86.9 cm³/mol. The quantitative estimate of drug-likeness (QED) is 0.634. The van der Waals surface area contributed by atoms with Gasteiger partial charge in [-0.25, -0.2) is 0 Å². The minimum Gasteiger partial charge on any atom is -0.342 e. The Hall–Kier alpha value is -1.95. The third kappa shape index (κ3) is 3.37. The van der Waals surface area contributed by atoms with E-state index in [-0.39, 0.29) is 21.9 Å². The summed E-state index contributed by atoms with van der Waals surface area (Å²) in [6.07, 6.45) is 3.26. The van der Waals surface area contributed by atoms with E-state index in [1.54, 1.807) is 19.1 Å². The number of rotatable bonds is 3. The molecule has 1 aromatic rings. The van der Waals surface area contributed by atoms with E-state index < -0.39 is 0 Å². The summed E-state index contributed by atoms with van der Waals surface area (Å²) < 4.78 is 0. The number of nitro benzene ring substituents is 1. The van der Waals surface area contributed by atoms with Crippen molar-refractivity contribution < 1.29 is 9.72 Å². The van der Waals surface area contributed by atoms with Crippen molar-refractivity contribution in [3.63, 3.8) is 0 Å². The zero-order chi connectivity index (χ0) is 16.4. The summed E-state index contributed by atoms with van der Waals surface area (Å²) >= 11 is 0. The highest BCUT2D eigenvalue weighted by molar-refractivity contribution is 5.73. The van der Waals surface area contributed by atoms with Gasteiger partial charge in [-0.15, -0.1) is 0 Å². The van der Waals surface area contributed by atoms with Crippen molar-refractivity contribution >= 4 is 11.6 Å². The molecule has 1 spiro atoms. The van der Waals surface area contributed by atoms with Crippen LogP contribution in [0.25, 0.3) is 0 Å². The van der Waals surface area contributed by atoms with Gasteiger partial charge in [0.25, 0.3) is 5.69 Å². The molecule has 1 unspecified atom stereocenters. The number of amides is 1. The largest absolute Gasteiger partial charge is 0.342 e. The molecule has 2 fully saturated rings. The van der Waals surface area contributed by atoms with Crippen molar-refractivity contribution in [1.29, 1.82) is 0 Å². The smallest absolute Gasteiger partial charge is 0.273 e. The van der Waals surface area contributed by atoms with E-state index in [0.29, 0.717) is 6.54 Å². The summed E-state index contributed by atoms with van der Waals surface area (Å²) in [6, 6.07) is 6.97. The Morgan fingerprint density at radius 2 is 2.04 bits per heavy atom. The van der Waals surface area contributed by atoms with Crippen LogP contribution in [-0.2, 0) is 11.3 Å². The summed E-state index contributed by atoms with van der Waals surface area (Å²) in [5.74, 6) is 0.154. The van der Waals surface area contributed by atoms with Crippen molar-refractivity contribution in [1.82, 2.24) is 9.80 Å². The maximum Gasteiger partial charge on any atom is 0.273 e. The van der Waals surface area contributed by atoms with Crippen molar-refractivity contribution in [2.24, 2.45) is 5.41 Å². The molecule has 0 aliphatic carbocycles. The molecule has 3 rings (SSSR count). The average molecular weight is 317 g/mol. The Labute approximate surface area is 136 Å². The number of benzene rings is 1. The molecule has 6 nitrogen and oxygen atoms in total. The fraction of sp³-hybridized carbons (Fsp3) is 0.588. The summed E-state index contributed by atoms with van der Waals surface area (Å²) in [7, 11) is 0. The van der Waals surface area contributed by atoms with E-state index in [4.69, 9.17) is 0 Å². The molecule has 23 heavy (non-hydrogen) atoms. The number of nitro groups is 1. The number of piperidine rings is 1. The predicted octanol–water partition coefficient (Wildman–Crippen LogP) is 2.43. The van der Waals surface area contributed by atoms with Gasteiger partial charge in [0.15, 0.2) is 0 Å². The zero-order valence-electron chi connectivity index (χ0n) is 13.5. The van der Waals surface area contributed by atoms with Crippen LogP contribution in [-0.4, -0.2) is 46.8 Å². The maximum absolute atomic E-state index is 11.7. The lowest BCUT2D eigenvalue weighted by atomic mass is 9.79. The van der Waals surface area contributed by atoms with Crippen molar-refractivity contribution in [3.8, 4) is 0 Å². The van der Waals surface area contributed by atoms with Crippen LogP contribution in [0.2, 0.25) is 0 Å². The molecule has 1 aromatic carbocycles. The number of nitrogens with zero attached hydrogens (tertiary/aromatic N) is 3. The Morgan fingerprint density at radius 1 is 1.26 bits per heavy atom. The molecule has 2 aliphatic heterocycles. The van der Waals surface area contributed by atoms with E-state index in [9.17, 15) is 14.9 Å². The maximum atomic E-state index is 11.7. The number of likely N-dealkylation sites (tertiary alicyclic amines) is 2. The molecule has 0 saturated carbocycles. The van der Waals surface area contributed by atoms with E-state index in [0.717, 1.165) is 51.0 Å². The monoisotopic (exact) mass is 317 g/mol. The zero-order valence-corrected chi connectivity index (χ0v) is 13.5. The van der Waals surface area contributed by atoms with Crippen LogP contribution in [0.3, 0.4) is 0 Å². The van der Waals surface area contributed by atoms with E-state index in [2.05, 4.69) is 4.90 Å². The average Bonchev–Trinajstić information content (AvgIpc) is 2.89. The van der Waals surface area contributed by atoms with Gasteiger partial charge in [0.1, 0.15) is 0 Å². The number of hydrogen-bond donors (Lipinski definition) is 0. The van der Waals surface area contributed by atoms with Crippen LogP contribution in [0.1, 0.15) is 31.7 Å². The molecule has 2 saturated heterocycles. The highest BCUT2D eigenvalue weighted by Crippen LogP contribution is 2.39. The molecule has 2 heterocycles. The first kappa shape index (κ1) is 15.9. The second kappa shape index (κ2) is 6.28. The van der Waals surface area contributed by atoms with Gasteiger partial charge >= 0.3 is 0 Å². The first-order valence-corrected chi connectivity index (χ1v) is 8.19. The third-order valence-corrected chi connectivity index (χ3v) is 5.21. The van der Waals surface area contributed by atoms with Gasteiger partial charge in [0.2, 0.25) is 5.91 Å². The van der Waals surface area contributed by atoms with E-state index in [1.165, 1.54) is 0 Å². The minimum atomic E-state index is -0.306. The topological polar surface area (TPSA) is 66.7 Å². The molecule has 6 heteroatoms. The lowest BCUT2D eigenvalue weighted by Gasteiger charge is -2.40. The fourth-order valence-corrected chi connectivity index (χ4v) is 4.04. The molecule has 124 valence electrons. The van der Waals surface area contributed by atoms with Gasteiger partial charge in [-0.2, -0.15) is 0 Å². The number of carbonyl (C=O) groups excluding carboxylic acids is 1. The standard InChI is InChI=1S/C17H23N3O3/c1-14(21)19-9-4-7-17(13-19)8-10-18(12-17)11-15-5-2-3-6-16(15)20(22)23/h2-3,5-6H,4,7-13H2,1H3. The van der Waals surface area contributed by atoms with Gasteiger partial charge in [0, 0.05) is 50.1 Å². The van der Waals surface area contributed by atoms with Crippen LogP contribution >= 0.6 is 0 Å². The summed E-state index contributed by atoms with van der Waals surface area (Å²) in [4.78, 5) is 26.8. The van der Waals surface area contributed by atoms with Crippen LogP contribution in [0.4, 0.5) is 5.69 Å². The lowest BCUT2D eigenvalue weighted by Crippen LogP contribution is -2.46.